The molecule has 2 aliphatic heterocycles. The van der Waals surface area contributed by atoms with Crippen molar-refractivity contribution in [2.75, 3.05) is 80.0 Å². The van der Waals surface area contributed by atoms with Gasteiger partial charge in [-0.3, -0.25) is 9.80 Å². The highest BCUT2D eigenvalue weighted by molar-refractivity contribution is 6.31. The predicted octanol–water partition coefficient (Wildman–Crippen LogP) is 12.8. The van der Waals surface area contributed by atoms with Gasteiger partial charge in [0.15, 0.2) is 0 Å². The number of aromatic amines is 2. The van der Waals surface area contributed by atoms with Gasteiger partial charge in [0.05, 0.1) is 39.1 Å². The number of carbonyl (C=O) groups excluding carboxylic acids is 2. The summed E-state index contributed by atoms with van der Waals surface area (Å²) >= 11 is 12.6. The van der Waals surface area contributed by atoms with Gasteiger partial charge >= 0.3 is 12.2 Å². The molecule has 17 nitrogen and oxygen atoms in total. The van der Waals surface area contributed by atoms with E-state index in [0.29, 0.717) is 49.6 Å². The van der Waals surface area contributed by atoms with E-state index < -0.39 is 0 Å². The molecule has 2 amide bonds. The highest BCUT2D eigenvalue weighted by Gasteiger charge is 2.37. The molecule has 3 N–H and O–H groups in total. The van der Waals surface area contributed by atoms with Gasteiger partial charge in [0.25, 0.3) is 0 Å². The Morgan fingerprint density at radius 2 is 1.00 bits per heavy atom. The third-order valence-electron chi connectivity index (χ3n) is 15.0. The lowest BCUT2D eigenvalue weighted by atomic mass is 9.92. The Morgan fingerprint density at radius 3 is 1.46 bits per heavy atom. The standard InChI is InChI=1S/C33H42ClN5O4.C30H35ClN4O4/c1-41-21-22-43-33(40)39-18-13-28-29-23-26(34)9-12-30(29)37-31(28)32(39)25-7-10-27(11-8-25)42-20-5-3-2-4-14-35-15-6-17-38-19-16-36-24-38;1-37-18-19-39-30(36)35-15-12-25-26-20-23(31)8-11-27(26)33-28(25)29(35)22-6-9-24(10-7-22)38-17-5-3-2-4-14-34-16-13-32-21-34/h7-12,16,19,23-24,32,35,37H,2-6,13-15,17-18,20-22H2,1H3;6-11,13,16,20-21,29,33H,2-5,12,14-15,17-19H2,1H3. The number of halogens is 2. The van der Waals surface area contributed by atoms with Crippen LogP contribution in [0.5, 0.6) is 11.5 Å². The van der Waals surface area contributed by atoms with Crippen molar-refractivity contribution in [3.05, 3.63) is 166 Å². The number of unbranched alkanes of at least 4 members (excludes halogenated alkanes) is 6. The normalized spacial score (nSPS) is 14.8. The number of rotatable bonds is 28. The fourth-order valence-corrected chi connectivity index (χ4v) is 11.2. The Balaban J connectivity index is 0.000000198. The summed E-state index contributed by atoms with van der Waals surface area (Å²) in [6.07, 6.45) is 22.2. The SMILES string of the molecule is COCCOC(=O)N1CCc2c([nH]c3ccc(Cl)cc23)C1c1ccc(OCCCCCCNCCCn2ccnc2)cc1.COCCOC(=O)N1CCc2c([nH]c3ccc(Cl)cc23)C1c1ccc(OCCCCCCn2ccnc2)cc1. The number of nitrogens with one attached hydrogen (secondary N) is 3. The molecule has 6 heterocycles. The number of hydrogen-bond donors (Lipinski definition) is 3. The molecule has 2 aliphatic rings. The first-order valence-electron chi connectivity index (χ1n) is 28.8. The van der Waals surface area contributed by atoms with E-state index in [4.69, 9.17) is 51.6 Å². The molecule has 10 rings (SSSR count). The summed E-state index contributed by atoms with van der Waals surface area (Å²) in [6.45, 7) is 7.68. The Morgan fingerprint density at radius 1 is 0.549 bits per heavy atom. The van der Waals surface area contributed by atoms with E-state index in [0.717, 1.165) is 140 Å². The van der Waals surface area contributed by atoms with E-state index in [1.54, 1.807) is 24.0 Å². The van der Waals surface area contributed by atoms with E-state index >= 15 is 0 Å². The van der Waals surface area contributed by atoms with Gasteiger partial charge in [-0.1, -0.05) is 73.2 Å². The monoisotopic (exact) mass is 1160 g/mol. The molecule has 19 heteroatoms. The molecule has 0 saturated heterocycles. The van der Waals surface area contributed by atoms with E-state index in [9.17, 15) is 9.59 Å². The largest absolute Gasteiger partial charge is 0.494 e. The van der Waals surface area contributed by atoms with E-state index in [2.05, 4.69) is 34.4 Å². The van der Waals surface area contributed by atoms with Crippen LogP contribution in [-0.4, -0.2) is 131 Å². The molecule has 0 aliphatic carbocycles. The van der Waals surface area contributed by atoms with Crippen LogP contribution in [0.1, 0.15) is 104 Å². The van der Waals surface area contributed by atoms with Crippen LogP contribution in [0.2, 0.25) is 10.0 Å². The number of fused-ring (bicyclic) bond motifs is 6. The maximum Gasteiger partial charge on any atom is 0.410 e. The first-order chi connectivity index (χ1) is 40.3. The maximum absolute atomic E-state index is 13.1. The number of benzene rings is 4. The number of aromatic nitrogens is 6. The summed E-state index contributed by atoms with van der Waals surface area (Å²) in [4.78, 5) is 45.1. The van der Waals surface area contributed by atoms with Gasteiger partial charge in [0.2, 0.25) is 0 Å². The molecular weight excluding hydrogens is 1080 g/mol. The zero-order chi connectivity index (χ0) is 56.9. The van der Waals surface area contributed by atoms with E-state index in [-0.39, 0.29) is 37.5 Å². The van der Waals surface area contributed by atoms with Crippen molar-refractivity contribution in [2.45, 2.75) is 95.8 Å². The number of imidazole rings is 2. The van der Waals surface area contributed by atoms with Crippen molar-refractivity contribution in [2.24, 2.45) is 0 Å². The van der Waals surface area contributed by atoms with Gasteiger partial charge in [0.1, 0.15) is 36.8 Å². The van der Waals surface area contributed by atoms with Gasteiger partial charge in [-0.15, -0.1) is 0 Å². The van der Waals surface area contributed by atoms with Crippen molar-refractivity contribution in [3.63, 3.8) is 0 Å². The first kappa shape index (κ1) is 59.6. The Kier molecular flexibility index (Phi) is 22.4. The molecule has 0 spiro atoms. The van der Waals surface area contributed by atoms with Crippen molar-refractivity contribution >= 4 is 57.2 Å². The lowest BCUT2D eigenvalue weighted by Crippen LogP contribution is -2.41. The molecule has 82 heavy (non-hydrogen) atoms. The van der Waals surface area contributed by atoms with Crippen LogP contribution in [0.4, 0.5) is 9.59 Å². The average Bonchev–Trinajstić information content (AvgIpc) is 4.53. The highest BCUT2D eigenvalue weighted by Crippen LogP contribution is 2.42. The molecule has 4 aromatic heterocycles. The minimum Gasteiger partial charge on any atom is -0.494 e. The van der Waals surface area contributed by atoms with Crippen LogP contribution in [-0.2, 0) is 44.9 Å². The van der Waals surface area contributed by atoms with Gasteiger partial charge in [-0.25, -0.2) is 19.6 Å². The summed E-state index contributed by atoms with van der Waals surface area (Å²) in [5, 5.41) is 7.11. The number of ether oxygens (including phenoxy) is 6. The Labute approximate surface area is 490 Å². The van der Waals surface area contributed by atoms with Crippen molar-refractivity contribution in [1.82, 2.24) is 44.2 Å². The third-order valence-corrected chi connectivity index (χ3v) is 15.5. The molecular formula is C63H77Cl2N9O8. The minimum absolute atomic E-state index is 0.212. The number of amides is 2. The van der Waals surface area contributed by atoms with Crippen LogP contribution >= 0.6 is 23.2 Å². The van der Waals surface area contributed by atoms with E-state index in [1.165, 1.54) is 24.0 Å². The van der Waals surface area contributed by atoms with Crippen LogP contribution in [0.15, 0.2) is 122 Å². The lowest BCUT2D eigenvalue weighted by molar-refractivity contribution is 0.0626. The number of aryl methyl sites for hydroxylation is 2. The molecule has 0 saturated carbocycles. The number of carbonyl (C=O) groups is 2. The summed E-state index contributed by atoms with van der Waals surface area (Å²) < 4.78 is 37.5. The maximum atomic E-state index is 13.1. The van der Waals surface area contributed by atoms with Gasteiger partial charge < -0.3 is 52.8 Å². The number of hydrogen-bond acceptors (Lipinski definition) is 11. The molecule has 8 aromatic rings. The fraction of sp³-hybridized carbons (Fsp3) is 0.429. The number of H-pyrrole nitrogens is 2. The second kappa shape index (κ2) is 30.9. The Hall–Kier alpha value is -7.02. The van der Waals surface area contributed by atoms with Crippen molar-refractivity contribution in [1.29, 1.82) is 0 Å². The zero-order valence-corrected chi connectivity index (χ0v) is 48.7. The topological polar surface area (TPSA) is 175 Å². The van der Waals surface area contributed by atoms with Crippen molar-refractivity contribution in [3.8, 4) is 11.5 Å². The van der Waals surface area contributed by atoms with E-state index in [1.807, 2.05) is 122 Å². The highest BCUT2D eigenvalue weighted by atomic mass is 35.5. The second-order valence-electron chi connectivity index (χ2n) is 20.7. The first-order valence-corrected chi connectivity index (χ1v) is 29.6. The molecule has 436 valence electrons. The molecule has 2 atom stereocenters. The Bertz CT molecular complexity index is 3200. The van der Waals surface area contributed by atoms with Crippen molar-refractivity contribution < 1.29 is 38.0 Å². The quantitative estimate of drug-likeness (QED) is 0.0398. The molecule has 0 fully saturated rings. The van der Waals surface area contributed by atoms with Gasteiger partial charge in [0, 0.05) is 108 Å². The number of methoxy groups -OCH3 is 2. The van der Waals surface area contributed by atoms with Crippen LogP contribution < -0.4 is 14.8 Å². The minimum atomic E-state index is -0.354. The average molecular weight is 1160 g/mol. The summed E-state index contributed by atoms with van der Waals surface area (Å²) in [5.41, 5.74) is 8.36. The smallest absolute Gasteiger partial charge is 0.410 e. The zero-order valence-electron chi connectivity index (χ0n) is 47.2. The summed E-state index contributed by atoms with van der Waals surface area (Å²) in [5.74, 6) is 1.66. The molecule has 0 radical (unpaired) electrons. The summed E-state index contributed by atoms with van der Waals surface area (Å²) in [7, 11) is 3.18. The van der Waals surface area contributed by atoms with Crippen LogP contribution in [0, 0.1) is 0 Å². The number of nitrogens with zero attached hydrogens (tertiary/aromatic N) is 6. The third kappa shape index (κ3) is 16.2. The molecule has 4 aromatic carbocycles. The predicted molar refractivity (Wildman–Crippen MR) is 320 cm³/mol. The molecule has 0 bridgehead atoms. The second-order valence-corrected chi connectivity index (χ2v) is 21.6. The van der Waals surface area contributed by atoms with Crippen LogP contribution in [0.25, 0.3) is 21.8 Å². The van der Waals surface area contributed by atoms with Crippen LogP contribution in [0.3, 0.4) is 0 Å². The lowest BCUT2D eigenvalue weighted by Gasteiger charge is -2.35. The molecule has 2 unspecified atom stereocenters. The van der Waals surface area contributed by atoms with Gasteiger partial charge in [-0.05, 0) is 141 Å². The summed E-state index contributed by atoms with van der Waals surface area (Å²) in [6, 6.07) is 27.2. The van der Waals surface area contributed by atoms with Gasteiger partial charge in [-0.2, -0.15) is 0 Å². The fourth-order valence-electron chi connectivity index (χ4n) is 10.9.